The minimum atomic E-state index is 0.650. The first-order valence-electron chi connectivity index (χ1n) is 5.29. The highest BCUT2D eigenvalue weighted by molar-refractivity contribution is 9.10. The molecule has 2 atom stereocenters. The van der Waals surface area contributed by atoms with Crippen molar-refractivity contribution >= 4 is 27.7 Å². The first-order chi connectivity index (χ1) is 7.31. The van der Waals surface area contributed by atoms with Crippen LogP contribution in [0.2, 0.25) is 0 Å². The number of hydrogen-bond donors (Lipinski definition) is 1. The van der Waals surface area contributed by atoms with Gasteiger partial charge >= 0.3 is 0 Å². The van der Waals surface area contributed by atoms with Gasteiger partial charge in [0.2, 0.25) is 0 Å². The van der Waals surface area contributed by atoms with E-state index >= 15 is 0 Å². The summed E-state index contributed by atoms with van der Waals surface area (Å²) in [5, 5.41) is 4.36. The lowest BCUT2D eigenvalue weighted by Crippen LogP contribution is -2.33. The monoisotopic (exact) mass is 289 g/mol. The molecule has 0 bridgehead atoms. The van der Waals surface area contributed by atoms with Crippen LogP contribution < -0.4 is 5.32 Å². The summed E-state index contributed by atoms with van der Waals surface area (Å²) in [6.45, 7) is 0.829. The second kappa shape index (κ2) is 5.41. The Balaban J connectivity index is 1.85. The molecule has 4 heteroatoms. The lowest BCUT2D eigenvalue weighted by molar-refractivity contribution is 0.447. The molecule has 1 aromatic heterocycles. The Morgan fingerprint density at radius 3 is 3.13 bits per heavy atom. The van der Waals surface area contributed by atoms with Gasteiger partial charge < -0.3 is 9.73 Å². The standard InChI is InChI=1S/C11H16BrNOS/c1-15-11-4-2-3-9(11)13-7-10-8(12)5-6-14-10/h5-6,9,11,13H,2-4,7H2,1H3. The molecule has 0 spiro atoms. The molecule has 1 heterocycles. The fourth-order valence-electron chi connectivity index (χ4n) is 2.12. The predicted molar refractivity (Wildman–Crippen MR) is 68.2 cm³/mol. The fourth-order valence-corrected chi connectivity index (χ4v) is 3.42. The van der Waals surface area contributed by atoms with E-state index in [1.54, 1.807) is 6.26 Å². The third-order valence-corrected chi connectivity index (χ3v) is 4.85. The number of halogens is 1. The minimum Gasteiger partial charge on any atom is -0.467 e. The van der Waals surface area contributed by atoms with Gasteiger partial charge in [-0.1, -0.05) is 6.42 Å². The summed E-state index contributed by atoms with van der Waals surface area (Å²) in [5.74, 6) is 1.00. The molecule has 0 aliphatic heterocycles. The van der Waals surface area contributed by atoms with Crippen molar-refractivity contribution in [3.05, 3.63) is 22.6 Å². The number of rotatable bonds is 4. The van der Waals surface area contributed by atoms with E-state index in [0.717, 1.165) is 22.0 Å². The van der Waals surface area contributed by atoms with Gasteiger partial charge in [0, 0.05) is 11.3 Å². The summed E-state index contributed by atoms with van der Waals surface area (Å²) in [6, 6.07) is 2.59. The smallest absolute Gasteiger partial charge is 0.131 e. The molecule has 0 aromatic carbocycles. The summed E-state index contributed by atoms with van der Waals surface area (Å²) in [6.07, 6.45) is 7.92. The van der Waals surface area contributed by atoms with E-state index in [4.69, 9.17) is 4.42 Å². The van der Waals surface area contributed by atoms with Crippen molar-refractivity contribution in [2.45, 2.75) is 37.1 Å². The lowest BCUT2D eigenvalue weighted by atomic mass is 10.2. The third kappa shape index (κ3) is 2.80. The molecule has 0 saturated heterocycles. The van der Waals surface area contributed by atoms with Gasteiger partial charge in [-0.25, -0.2) is 0 Å². The maximum absolute atomic E-state index is 5.38. The highest BCUT2D eigenvalue weighted by Crippen LogP contribution is 2.29. The van der Waals surface area contributed by atoms with Crippen molar-refractivity contribution in [3.63, 3.8) is 0 Å². The van der Waals surface area contributed by atoms with Crippen molar-refractivity contribution in [2.24, 2.45) is 0 Å². The zero-order chi connectivity index (χ0) is 10.7. The molecule has 1 N–H and O–H groups in total. The molecule has 84 valence electrons. The average molecular weight is 290 g/mol. The Morgan fingerprint density at radius 2 is 2.47 bits per heavy atom. The Labute approximate surface area is 103 Å². The summed E-state index contributed by atoms with van der Waals surface area (Å²) >= 11 is 5.45. The van der Waals surface area contributed by atoms with Gasteiger partial charge in [-0.3, -0.25) is 0 Å². The SMILES string of the molecule is CSC1CCCC1NCc1occc1Br. The molecule has 1 aromatic rings. The van der Waals surface area contributed by atoms with E-state index in [-0.39, 0.29) is 0 Å². The van der Waals surface area contributed by atoms with Gasteiger partial charge in [-0.2, -0.15) is 11.8 Å². The van der Waals surface area contributed by atoms with Crippen molar-refractivity contribution < 1.29 is 4.42 Å². The molecule has 2 rings (SSSR count). The first kappa shape index (κ1) is 11.6. The summed E-state index contributed by atoms with van der Waals surface area (Å²) in [4.78, 5) is 0. The maximum atomic E-state index is 5.38. The van der Waals surface area contributed by atoms with Crippen molar-refractivity contribution in [1.29, 1.82) is 0 Å². The van der Waals surface area contributed by atoms with Crippen LogP contribution >= 0.6 is 27.7 Å². The zero-order valence-electron chi connectivity index (χ0n) is 8.83. The maximum Gasteiger partial charge on any atom is 0.131 e. The van der Waals surface area contributed by atoms with Crippen molar-refractivity contribution in [2.75, 3.05) is 6.26 Å². The second-order valence-electron chi connectivity index (χ2n) is 3.88. The Bertz CT molecular complexity index is 315. The van der Waals surface area contributed by atoms with Crippen LogP contribution in [0.25, 0.3) is 0 Å². The molecule has 0 amide bonds. The number of nitrogens with one attached hydrogen (secondary N) is 1. The normalized spacial score (nSPS) is 26.0. The highest BCUT2D eigenvalue weighted by Gasteiger charge is 2.26. The molecule has 1 fully saturated rings. The lowest BCUT2D eigenvalue weighted by Gasteiger charge is -2.18. The van der Waals surface area contributed by atoms with Crippen LogP contribution in [-0.4, -0.2) is 17.5 Å². The molecule has 15 heavy (non-hydrogen) atoms. The van der Waals surface area contributed by atoms with Crippen LogP contribution in [0, 0.1) is 0 Å². The van der Waals surface area contributed by atoms with Gasteiger partial charge in [-0.15, -0.1) is 0 Å². The van der Waals surface area contributed by atoms with E-state index in [0.29, 0.717) is 6.04 Å². The predicted octanol–water partition coefficient (Wildman–Crippen LogP) is 3.42. The Kier molecular flexibility index (Phi) is 4.17. The number of furan rings is 1. The number of hydrogen-bond acceptors (Lipinski definition) is 3. The Hall–Kier alpha value is 0.0700. The second-order valence-corrected chi connectivity index (χ2v) is 5.82. The topological polar surface area (TPSA) is 25.2 Å². The fraction of sp³-hybridized carbons (Fsp3) is 0.636. The average Bonchev–Trinajstić information content (AvgIpc) is 2.83. The quantitative estimate of drug-likeness (QED) is 0.920. The van der Waals surface area contributed by atoms with E-state index in [1.807, 2.05) is 17.8 Å². The van der Waals surface area contributed by atoms with Crippen molar-refractivity contribution in [3.8, 4) is 0 Å². The van der Waals surface area contributed by atoms with Crippen molar-refractivity contribution in [1.82, 2.24) is 5.32 Å². The molecule has 1 saturated carbocycles. The molecule has 1 aliphatic rings. The molecular weight excluding hydrogens is 274 g/mol. The summed E-state index contributed by atoms with van der Waals surface area (Å²) < 4.78 is 6.44. The van der Waals surface area contributed by atoms with Gasteiger partial charge in [0.15, 0.2) is 0 Å². The molecule has 2 nitrogen and oxygen atoms in total. The van der Waals surface area contributed by atoms with Crippen LogP contribution in [0.1, 0.15) is 25.0 Å². The molecule has 0 radical (unpaired) electrons. The van der Waals surface area contributed by atoms with Crippen LogP contribution in [0.5, 0.6) is 0 Å². The van der Waals surface area contributed by atoms with E-state index in [9.17, 15) is 0 Å². The summed E-state index contributed by atoms with van der Waals surface area (Å²) in [7, 11) is 0. The van der Waals surface area contributed by atoms with E-state index < -0.39 is 0 Å². The van der Waals surface area contributed by atoms with E-state index in [1.165, 1.54) is 19.3 Å². The van der Waals surface area contributed by atoms with Gasteiger partial charge in [0.05, 0.1) is 17.3 Å². The van der Waals surface area contributed by atoms with Gasteiger partial charge in [0.25, 0.3) is 0 Å². The molecule has 1 aliphatic carbocycles. The number of thioether (sulfide) groups is 1. The van der Waals surface area contributed by atoms with Crippen LogP contribution in [0.4, 0.5) is 0 Å². The van der Waals surface area contributed by atoms with Crippen LogP contribution in [-0.2, 0) is 6.54 Å². The molecule has 2 unspecified atom stereocenters. The van der Waals surface area contributed by atoms with Gasteiger partial charge in [0.1, 0.15) is 5.76 Å². The first-order valence-corrected chi connectivity index (χ1v) is 7.37. The van der Waals surface area contributed by atoms with Crippen LogP contribution in [0.15, 0.2) is 21.2 Å². The summed E-state index contributed by atoms with van der Waals surface area (Å²) in [5.41, 5.74) is 0. The van der Waals surface area contributed by atoms with Gasteiger partial charge in [-0.05, 0) is 41.1 Å². The Morgan fingerprint density at radius 1 is 1.60 bits per heavy atom. The van der Waals surface area contributed by atoms with Crippen LogP contribution in [0.3, 0.4) is 0 Å². The highest BCUT2D eigenvalue weighted by atomic mass is 79.9. The van der Waals surface area contributed by atoms with E-state index in [2.05, 4.69) is 27.5 Å². The third-order valence-electron chi connectivity index (χ3n) is 2.97. The largest absolute Gasteiger partial charge is 0.467 e. The minimum absolute atomic E-state index is 0.650. The molecular formula is C11H16BrNOS. The zero-order valence-corrected chi connectivity index (χ0v) is 11.2.